The summed E-state index contributed by atoms with van der Waals surface area (Å²) in [4.78, 5) is 4.07. The van der Waals surface area contributed by atoms with Gasteiger partial charge in [-0.1, -0.05) is 42.5 Å². The molecule has 5 aromatic rings. The van der Waals surface area contributed by atoms with Crippen LogP contribution in [0.1, 0.15) is 0 Å². The van der Waals surface area contributed by atoms with Gasteiger partial charge < -0.3 is 0 Å². The summed E-state index contributed by atoms with van der Waals surface area (Å²) in [5, 5.41) is 15.4. The predicted molar refractivity (Wildman–Crippen MR) is 118 cm³/mol. The lowest BCUT2D eigenvalue weighted by atomic mass is 9.99. The van der Waals surface area contributed by atoms with Crippen molar-refractivity contribution < 1.29 is 4.39 Å². The number of aromatic nitrogens is 5. The molecule has 31 heavy (non-hydrogen) atoms. The van der Waals surface area contributed by atoms with E-state index in [1.165, 1.54) is 6.07 Å². The van der Waals surface area contributed by atoms with E-state index in [2.05, 4.69) is 25.4 Å². The second kappa shape index (κ2) is 9.93. The van der Waals surface area contributed by atoms with Crippen LogP contribution in [0.4, 0.5) is 4.39 Å². The van der Waals surface area contributed by atoms with Crippen LogP contribution >= 0.6 is 0 Å². The maximum absolute atomic E-state index is 14.3. The fraction of sp³-hybridized carbons (Fsp3) is 0. The second-order valence-corrected chi connectivity index (χ2v) is 6.55. The Morgan fingerprint density at radius 1 is 0.548 bits per heavy atom. The fourth-order valence-electron chi connectivity index (χ4n) is 2.98. The molecule has 3 heterocycles. The first-order valence-electron chi connectivity index (χ1n) is 9.61. The molecule has 5 rings (SSSR count). The molecule has 0 saturated carbocycles. The largest absolute Gasteiger partial charge is 0.264 e. The molecule has 0 unspecified atom stereocenters. The van der Waals surface area contributed by atoms with Crippen LogP contribution in [0.15, 0.2) is 110 Å². The second-order valence-electron chi connectivity index (χ2n) is 6.55. The van der Waals surface area contributed by atoms with Gasteiger partial charge in [0.1, 0.15) is 5.82 Å². The normalized spacial score (nSPS) is 10.1. The summed E-state index contributed by atoms with van der Waals surface area (Å²) >= 11 is 0. The molecule has 0 fully saturated rings. The minimum atomic E-state index is -0.276. The average Bonchev–Trinajstić information content (AvgIpc) is 2.87. The van der Waals surface area contributed by atoms with Crippen LogP contribution in [-0.2, 0) is 0 Å². The third kappa shape index (κ3) is 5.19. The summed E-state index contributed by atoms with van der Waals surface area (Å²) in [6, 6.07) is 24.1. The first-order chi connectivity index (χ1) is 15.3. The van der Waals surface area contributed by atoms with Crippen molar-refractivity contribution in [3.8, 4) is 33.5 Å². The quantitative estimate of drug-likeness (QED) is 0.396. The van der Waals surface area contributed by atoms with Gasteiger partial charge in [0.25, 0.3) is 0 Å². The Morgan fingerprint density at radius 3 is 2.00 bits per heavy atom. The molecule has 3 aromatic heterocycles. The third-order valence-corrected chi connectivity index (χ3v) is 4.48. The molecule has 0 radical (unpaired) electrons. The average molecular weight is 407 g/mol. The molecule has 0 amide bonds. The predicted octanol–water partition coefficient (Wildman–Crippen LogP) is 5.49. The van der Waals surface area contributed by atoms with Crippen molar-refractivity contribution in [2.24, 2.45) is 0 Å². The van der Waals surface area contributed by atoms with Gasteiger partial charge in [0, 0.05) is 47.0 Å². The van der Waals surface area contributed by atoms with Gasteiger partial charge in [-0.25, -0.2) is 4.39 Å². The molecule has 150 valence electrons. The van der Waals surface area contributed by atoms with Crippen molar-refractivity contribution in [1.82, 2.24) is 25.4 Å². The highest BCUT2D eigenvalue weighted by molar-refractivity contribution is 5.75. The number of rotatable bonds is 3. The number of halogens is 1. The summed E-state index contributed by atoms with van der Waals surface area (Å²) in [7, 11) is 0. The Labute approximate surface area is 179 Å². The maximum Gasteiger partial charge on any atom is 0.131 e. The van der Waals surface area contributed by atoms with Crippen LogP contribution < -0.4 is 0 Å². The molecule has 0 aliphatic rings. The molecule has 6 heteroatoms. The molecule has 0 aliphatic heterocycles. The van der Waals surface area contributed by atoms with E-state index in [9.17, 15) is 4.39 Å². The van der Waals surface area contributed by atoms with Crippen LogP contribution in [0.5, 0.6) is 0 Å². The zero-order chi connectivity index (χ0) is 21.3. The molecule has 0 N–H and O–H groups in total. The summed E-state index contributed by atoms with van der Waals surface area (Å²) in [6.45, 7) is 0. The van der Waals surface area contributed by atoms with E-state index in [0.717, 1.165) is 27.9 Å². The minimum absolute atomic E-state index is 0.276. The van der Waals surface area contributed by atoms with E-state index in [4.69, 9.17) is 0 Å². The van der Waals surface area contributed by atoms with E-state index in [1.807, 2.05) is 60.7 Å². The molecule has 5 nitrogen and oxygen atoms in total. The maximum atomic E-state index is 14.3. The van der Waals surface area contributed by atoms with E-state index in [-0.39, 0.29) is 5.82 Å². The molecule has 2 aromatic carbocycles. The van der Waals surface area contributed by atoms with Gasteiger partial charge in [-0.2, -0.15) is 20.4 Å². The molecule has 0 saturated heterocycles. The SMILES string of the molecule is Fc1ccc(-c2cnnc(-c3ccccc3)c2)cc1-c1cccnc1.c1ccnnc1. The lowest BCUT2D eigenvalue weighted by Crippen LogP contribution is -1.91. The highest BCUT2D eigenvalue weighted by Crippen LogP contribution is 2.29. The van der Waals surface area contributed by atoms with E-state index in [0.29, 0.717) is 5.56 Å². The van der Waals surface area contributed by atoms with Crippen molar-refractivity contribution in [2.45, 2.75) is 0 Å². The summed E-state index contributed by atoms with van der Waals surface area (Å²) < 4.78 is 14.3. The van der Waals surface area contributed by atoms with Gasteiger partial charge in [0.05, 0.1) is 11.9 Å². The Kier molecular flexibility index (Phi) is 6.40. The van der Waals surface area contributed by atoms with E-state index >= 15 is 0 Å². The standard InChI is InChI=1S/C21H14FN3.C4H4N2/c22-20-9-8-16(11-19(20)17-7-4-10-23-13-17)18-12-21(25-24-14-18)15-5-2-1-3-6-15;1-2-4-6-5-3-1/h1-14H;1-4H. The first-order valence-corrected chi connectivity index (χ1v) is 9.61. The zero-order valence-corrected chi connectivity index (χ0v) is 16.5. The molecular formula is C25H18FN5. The molecule has 0 aliphatic carbocycles. The Hall–Kier alpha value is -4.32. The molecular weight excluding hydrogens is 389 g/mol. The van der Waals surface area contributed by atoms with Gasteiger partial charge in [-0.15, -0.1) is 0 Å². The lowest BCUT2D eigenvalue weighted by Gasteiger charge is -2.08. The van der Waals surface area contributed by atoms with Crippen LogP contribution in [0.2, 0.25) is 0 Å². The number of hydrogen-bond acceptors (Lipinski definition) is 5. The van der Waals surface area contributed by atoms with Crippen LogP contribution in [-0.4, -0.2) is 25.4 Å². The fourth-order valence-corrected chi connectivity index (χ4v) is 2.98. The van der Waals surface area contributed by atoms with E-state index in [1.54, 1.807) is 43.1 Å². The third-order valence-electron chi connectivity index (χ3n) is 4.48. The summed E-state index contributed by atoms with van der Waals surface area (Å²) in [5.74, 6) is -0.276. The monoisotopic (exact) mass is 407 g/mol. The smallest absolute Gasteiger partial charge is 0.131 e. The summed E-state index contributed by atoms with van der Waals surface area (Å²) in [5.41, 5.74) is 4.80. The van der Waals surface area contributed by atoms with Crippen molar-refractivity contribution in [3.63, 3.8) is 0 Å². The number of pyridine rings is 1. The van der Waals surface area contributed by atoms with Crippen LogP contribution in [0.3, 0.4) is 0 Å². The van der Waals surface area contributed by atoms with Crippen molar-refractivity contribution in [3.05, 3.63) is 116 Å². The van der Waals surface area contributed by atoms with Gasteiger partial charge in [0.2, 0.25) is 0 Å². The number of nitrogens with zero attached hydrogens (tertiary/aromatic N) is 5. The first kappa shape index (κ1) is 20.0. The van der Waals surface area contributed by atoms with Gasteiger partial charge >= 0.3 is 0 Å². The van der Waals surface area contributed by atoms with E-state index < -0.39 is 0 Å². The zero-order valence-electron chi connectivity index (χ0n) is 16.5. The Balaban J connectivity index is 0.000000334. The lowest BCUT2D eigenvalue weighted by molar-refractivity contribution is 0.631. The van der Waals surface area contributed by atoms with Crippen molar-refractivity contribution in [1.29, 1.82) is 0 Å². The molecule has 0 spiro atoms. The van der Waals surface area contributed by atoms with Gasteiger partial charge in [0.15, 0.2) is 0 Å². The Bertz CT molecular complexity index is 1210. The van der Waals surface area contributed by atoms with Crippen molar-refractivity contribution >= 4 is 0 Å². The van der Waals surface area contributed by atoms with Crippen LogP contribution in [0, 0.1) is 5.82 Å². The molecule has 0 bridgehead atoms. The number of benzene rings is 2. The number of hydrogen-bond donors (Lipinski definition) is 0. The topological polar surface area (TPSA) is 64.5 Å². The highest BCUT2D eigenvalue weighted by Gasteiger charge is 2.09. The Morgan fingerprint density at radius 2 is 1.32 bits per heavy atom. The van der Waals surface area contributed by atoms with Crippen molar-refractivity contribution in [2.75, 3.05) is 0 Å². The van der Waals surface area contributed by atoms with Crippen LogP contribution in [0.25, 0.3) is 33.5 Å². The summed E-state index contributed by atoms with van der Waals surface area (Å²) in [6.07, 6.45) is 8.29. The highest BCUT2D eigenvalue weighted by atomic mass is 19.1. The van der Waals surface area contributed by atoms with Gasteiger partial charge in [-0.05, 0) is 42.0 Å². The molecule has 0 atom stereocenters. The minimum Gasteiger partial charge on any atom is -0.264 e. The van der Waals surface area contributed by atoms with Gasteiger partial charge in [-0.3, -0.25) is 4.98 Å².